The number of ether oxygens (including phenoxy) is 1. The lowest BCUT2D eigenvalue weighted by atomic mass is 10.2. The summed E-state index contributed by atoms with van der Waals surface area (Å²) in [4.78, 5) is 13.3. The molecule has 0 radical (unpaired) electrons. The fraction of sp³-hybridized carbons (Fsp3) is 0.167. The molecule has 0 saturated carbocycles. The van der Waals surface area contributed by atoms with Gasteiger partial charge in [0.25, 0.3) is 0 Å². The van der Waals surface area contributed by atoms with E-state index in [0.29, 0.717) is 22.3 Å². The first kappa shape index (κ1) is 18.2. The third kappa shape index (κ3) is 4.96. The number of aryl methyl sites for hydroxylation is 1. The van der Waals surface area contributed by atoms with E-state index in [0.717, 1.165) is 5.01 Å². The lowest BCUT2D eigenvalue weighted by molar-refractivity contribution is 0.262. The lowest BCUT2D eigenvalue weighted by Crippen LogP contribution is -2.19. The predicted octanol–water partition coefficient (Wildman–Crippen LogP) is 4.79. The number of amides is 2. The van der Waals surface area contributed by atoms with E-state index in [1.807, 2.05) is 12.1 Å². The number of nitrogens with one attached hydrogen (secondary N) is 2. The minimum atomic E-state index is -0.386. The van der Waals surface area contributed by atoms with Crippen LogP contribution in [-0.2, 0) is 5.75 Å². The highest BCUT2D eigenvalue weighted by molar-refractivity contribution is 7.98. The summed E-state index contributed by atoms with van der Waals surface area (Å²) >= 11 is 3.04. The van der Waals surface area contributed by atoms with Crippen LogP contribution in [0.2, 0.25) is 0 Å². The summed E-state index contributed by atoms with van der Waals surface area (Å²) in [7, 11) is 1.56. The van der Waals surface area contributed by atoms with Crippen LogP contribution in [0.5, 0.6) is 5.75 Å². The molecule has 2 N–H and O–H groups in total. The zero-order valence-electron chi connectivity index (χ0n) is 14.4. The summed E-state index contributed by atoms with van der Waals surface area (Å²) in [6.07, 6.45) is 0. The summed E-state index contributed by atoms with van der Waals surface area (Å²) in [5.74, 6) is 1.30. The number of rotatable bonds is 6. The lowest BCUT2D eigenvalue weighted by Gasteiger charge is -2.09. The maximum absolute atomic E-state index is 12.1. The number of anilines is 2. The average molecular weight is 387 g/mol. The number of methoxy groups -OCH3 is 1. The van der Waals surface area contributed by atoms with Crippen LogP contribution in [0, 0.1) is 6.92 Å². The second-order valence-corrected chi connectivity index (χ2v) is 7.49. The van der Waals surface area contributed by atoms with Gasteiger partial charge in [0.15, 0.2) is 0 Å². The molecule has 0 aliphatic carbocycles. The highest BCUT2D eigenvalue weighted by atomic mass is 32.2. The Morgan fingerprint density at radius 3 is 2.65 bits per heavy atom. The third-order valence-electron chi connectivity index (χ3n) is 3.43. The molecule has 2 amide bonds. The molecule has 3 aromatic rings. The molecule has 0 bridgehead atoms. The Hall–Kier alpha value is -2.58. The van der Waals surface area contributed by atoms with Crippen LogP contribution in [-0.4, -0.2) is 23.3 Å². The zero-order valence-corrected chi connectivity index (χ0v) is 16.0. The van der Waals surface area contributed by atoms with Gasteiger partial charge in [0.2, 0.25) is 5.13 Å². The van der Waals surface area contributed by atoms with E-state index in [2.05, 4.69) is 52.0 Å². The first-order valence-electron chi connectivity index (χ1n) is 7.87. The van der Waals surface area contributed by atoms with E-state index in [1.54, 1.807) is 31.0 Å². The topological polar surface area (TPSA) is 76.1 Å². The van der Waals surface area contributed by atoms with Crippen LogP contribution in [0.3, 0.4) is 0 Å². The Morgan fingerprint density at radius 1 is 1.12 bits per heavy atom. The van der Waals surface area contributed by atoms with E-state index in [1.165, 1.54) is 21.8 Å². The Labute approximate surface area is 160 Å². The Balaban J connectivity index is 1.54. The van der Waals surface area contributed by atoms with Crippen LogP contribution < -0.4 is 15.4 Å². The van der Waals surface area contributed by atoms with Gasteiger partial charge in [-0.3, -0.25) is 5.32 Å². The summed E-state index contributed by atoms with van der Waals surface area (Å²) in [6, 6.07) is 15.2. The van der Waals surface area contributed by atoms with Gasteiger partial charge < -0.3 is 10.1 Å². The monoisotopic (exact) mass is 386 g/mol. The first-order valence-corrected chi connectivity index (χ1v) is 9.67. The molecule has 0 spiro atoms. The molecule has 1 heterocycles. The highest BCUT2D eigenvalue weighted by Crippen LogP contribution is 2.27. The van der Waals surface area contributed by atoms with E-state index >= 15 is 0 Å². The van der Waals surface area contributed by atoms with Crippen LogP contribution in [0.15, 0.2) is 53.4 Å². The largest absolute Gasteiger partial charge is 0.495 e. The molecule has 0 unspecified atom stereocenters. The number of hydrogen-bond donors (Lipinski definition) is 2. The number of para-hydroxylation sites is 2. The Kier molecular flexibility index (Phi) is 6.08. The molecule has 6 nitrogen and oxygen atoms in total. The van der Waals surface area contributed by atoms with E-state index in [-0.39, 0.29) is 6.03 Å². The number of nitrogens with zero attached hydrogens (tertiary/aromatic N) is 2. The number of carbonyl (C=O) groups is 1. The normalized spacial score (nSPS) is 10.4. The van der Waals surface area contributed by atoms with Crippen molar-refractivity contribution in [2.24, 2.45) is 0 Å². The van der Waals surface area contributed by atoms with Gasteiger partial charge in [0, 0.05) is 4.90 Å². The van der Waals surface area contributed by atoms with E-state index in [4.69, 9.17) is 4.74 Å². The number of thioether (sulfide) groups is 1. The molecule has 0 saturated heterocycles. The number of aromatic nitrogens is 2. The first-order chi connectivity index (χ1) is 12.6. The second-order valence-electron chi connectivity index (χ2n) is 5.38. The molecule has 0 aliphatic heterocycles. The van der Waals surface area contributed by atoms with Gasteiger partial charge in [0.05, 0.1) is 18.6 Å². The average Bonchev–Trinajstić information content (AvgIpc) is 3.09. The summed E-state index contributed by atoms with van der Waals surface area (Å²) in [5, 5.41) is 14.9. The number of hydrogen-bond acceptors (Lipinski definition) is 6. The fourth-order valence-corrected chi connectivity index (χ4v) is 3.76. The van der Waals surface area contributed by atoms with Gasteiger partial charge in [-0.1, -0.05) is 41.2 Å². The smallest absolute Gasteiger partial charge is 0.325 e. The minimum Gasteiger partial charge on any atom is -0.495 e. The van der Waals surface area contributed by atoms with Crippen molar-refractivity contribution in [2.45, 2.75) is 17.6 Å². The minimum absolute atomic E-state index is 0.386. The van der Waals surface area contributed by atoms with Gasteiger partial charge in [-0.2, -0.15) is 0 Å². The summed E-state index contributed by atoms with van der Waals surface area (Å²) in [5.41, 5.74) is 1.82. The Morgan fingerprint density at radius 2 is 1.88 bits per heavy atom. The van der Waals surface area contributed by atoms with Crippen molar-refractivity contribution in [1.82, 2.24) is 10.2 Å². The summed E-state index contributed by atoms with van der Waals surface area (Å²) in [6.45, 7) is 2.06. The third-order valence-corrected chi connectivity index (χ3v) is 5.47. The van der Waals surface area contributed by atoms with Crippen molar-refractivity contribution < 1.29 is 9.53 Å². The van der Waals surface area contributed by atoms with E-state index < -0.39 is 0 Å². The SMILES string of the molecule is COc1ccccc1NC(=O)Nc1nnc(CSc2ccc(C)cc2)s1. The number of benzene rings is 2. The van der Waals surface area contributed by atoms with Gasteiger partial charge in [0.1, 0.15) is 10.8 Å². The van der Waals surface area contributed by atoms with Crippen LogP contribution in [0.25, 0.3) is 0 Å². The molecular weight excluding hydrogens is 368 g/mol. The molecule has 3 rings (SSSR count). The molecule has 134 valence electrons. The van der Waals surface area contributed by atoms with Crippen molar-refractivity contribution in [3.8, 4) is 5.75 Å². The predicted molar refractivity (Wildman–Crippen MR) is 106 cm³/mol. The van der Waals surface area contributed by atoms with Crippen molar-refractivity contribution in [1.29, 1.82) is 0 Å². The summed E-state index contributed by atoms with van der Waals surface area (Å²) < 4.78 is 5.21. The molecule has 26 heavy (non-hydrogen) atoms. The van der Waals surface area contributed by atoms with Gasteiger partial charge in [-0.05, 0) is 31.2 Å². The van der Waals surface area contributed by atoms with Crippen molar-refractivity contribution in [3.63, 3.8) is 0 Å². The highest BCUT2D eigenvalue weighted by Gasteiger charge is 2.10. The van der Waals surface area contributed by atoms with Gasteiger partial charge in [-0.15, -0.1) is 22.0 Å². The quantitative estimate of drug-likeness (QED) is 0.596. The molecule has 1 aromatic heterocycles. The maximum Gasteiger partial charge on any atom is 0.325 e. The van der Waals surface area contributed by atoms with Gasteiger partial charge in [-0.25, -0.2) is 4.79 Å². The molecule has 0 fully saturated rings. The molecule has 0 atom stereocenters. The number of urea groups is 1. The Bertz CT molecular complexity index is 881. The second kappa shape index (κ2) is 8.68. The van der Waals surface area contributed by atoms with Crippen molar-refractivity contribution in [3.05, 3.63) is 59.1 Å². The molecule has 0 aliphatic rings. The fourth-order valence-electron chi connectivity index (χ4n) is 2.14. The van der Waals surface area contributed by atoms with Gasteiger partial charge >= 0.3 is 6.03 Å². The standard InChI is InChI=1S/C18H18N4O2S2/c1-12-7-9-13(10-8-12)25-11-16-21-22-18(26-16)20-17(23)19-14-5-3-4-6-15(14)24-2/h3-10H,11H2,1-2H3,(H2,19,20,22,23). The molecular formula is C18H18N4O2S2. The van der Waals surface area contributed by atoms with E-state index in [9.17, 15) is 4.79 Å². The van der Waals surface area contributed by atoms with Crippen LogP contribution in [0.4, 0.5) is 15.6 Å². The van der Waals surface area contributed by atoms with Crippen LogP contribution in [0.1, 0.15) is 10.6 Å². The molecule has 8 heteroatoms. The van der Waals surface area contributed by atoms with Crippen molar-refractivity contribution >= 4 is 39.9 Å². The number of carbonyl (C=O) groups excluding carboxylic acids is 1. The zero-order chi connectivity index (χ0) is 18.4. The maximum atomic E-state index is 12.1. The molecule has 2 aromatic carbocycles. The van der Waals surface area contributed by atoms with Crippen LogP contribution >= 0.6 is 23.1 Å². The van der Waals surface area contributed by atoms with Crippen molar-refractivity contribution in [2.75, 3.05) is 17.7 Å².